The number of benzene rings is 3. The number of fused-ring (bicyclic) bond motifs is 3. The lowest BCUT2D eigenvalue weighted by Gasteiger charge is -2.46. The van der Waals surface area contributed by atoms with E-state index in [1.165, 1.54) is 52.9 Å². The van der Waals surface area contributed by atoms with Gasteiger partial charge >= 0.3 is 0 Å². The van der Waals surface area contributed by atoms with Crippen LogP contribution in [-0.4, -0.2) is 13.1 Å². The average molecular weight is 437 g/mol. The molecule has 1 heterocycles. The normalized spacial score (nSPS) is 23.6. The Labute approximate surface area is 199 Å². The molecule has 1 saturated carbocycles. The third-order valence-electron chi connectivity index (χ3n) is 8.20. The number of anilines is 1. The predicted octanol–water partition coefficient (Wildman–Crippen LogP) is 6.65. The summed E-state index contributed by atoms with van der Waals surface area (Å²) < 4.78 is 0. The van der Waals surface area contributed by atoms with Crippen molar-refractivity contribution in [2.24, 2.45) is 5.92 Å². The summed E-state index contributed by atoms with van der Waals surface area (Å²) in [4.78, 5) is 2.57. The molecule has 3 aromatic carbocycles. The van der Waals surface area contributed by atoms with Gasteiger partial charge in [0.2, 0.25) is 0 Å². The monoisotopic (exact) mass is 436 g/mol. The lowest BCUT2D eigenvalue weighted by atomic mass is 9.61. The Morgan fingerprint density at radius 1 is 0.909 bits per heavy atom. The molecule has 0 amide bonds. The van der Waals surface area contributed by atoms with E-state index < -0.39 is 0 Å². The zero-order valence-electron chi connectivity index (χ0n) is 20.1. The minimum atomic E-state index is 0.0983. The van der Waals surface area contributed by atoms with Gasteiger partial charge in [-0.25, -0.2) is 0 Å². The number of aryl methyl sites for hydroxylation is 2. The predicted molar refractivity (Wildman–Crippen MR) is 140 cm³/mol. The van der Waals surface area contributed by atoms with Crippen molar-refractivity contribution >= 4 is 5.69 Å². The van der Waals surface area contributed by atoms with Gasteiger partial charge in [0, 0.05) is 42.4 Å². The smallest absolute Gasteiger partial charge is 0.0408 e. The number of nitrogens with zero attached hydrogens (tertiary/aromatic N) is 1. The second-order valence-electron chi connectivity index (χ2n) is 10.1. The summed E-state index contributed by atoms with van der Waals surface area (Å²) >= 11 is 0. The first-order valence-corrected chi connectivity index (χ1v) is 12.4. The fourth-order valence-electron chi connectivity index (χ4n) is 6.36. The molecule has 1 aliphatic carbocycles. The summed E-state index contributed by atoms with van der Waals surface area (Å²) in [6, 6.07) is 29.3. The quantitative estimate of drug-likeness (QED) is 0.446. The molecule has 1 aliphatic heterocycles. The largest absolute Gasteiger partial charge is 0.384 e. The zero-order valence-corrected chi connectivity index (χ0v) is 20.1. The van der Waals surface area contributed by atoms with Crippen molar-refractivity contribution in [3.63, 3.8) is 0 Å². The van der Waals surface area contributed by atoms with Crippen LogP contribution >= 0.6 is 0 Å². The van der Waals surface area contributed by atoms with Gasteiger partial charge in [-0.05, 0) is 54.0 Å². The van der Waals surface area contributed by atoms with Gasteiger partial charge in [-0.2, -0.15) is 0 Å². The van der Waals surface area contributed by atoms with Crippen molar-refractivity contribution in [3.8, 4) is 0 Å². The Hall–Kier alpha value is -3.00. The van der Waals surface area contributed by atoms with Crippen LogP contribution in [0.25, 0.3) is 0 Å². The molecule has 0 bridgehead atoms. The van der Waals surface area contributed by atoms with E-state index in [1.54, 1.807) is 0 Å². The average Bonchev–Trinajstić information content (AvgIpc) is 3.09. The van der Waals surface area contributed by atoms with Gasteiger partial charge in [0.15, 0.2) is 0 Å². The van der Waals surface area contributed by atoms with E-state index in [1.807, 2.05) is 0 Å². The number of hydrogen-bond donors (Lipinski definition) is 1. The third kappa shape index (κ3) is 4.08. The van der Waals surface area contributed by atoms with Crippen molar-refractivity contribution in [1.29, 1.82) is 0 Å². The van der Waals surface area contributed by atoms with Crippen LogP contribution in [0.2, 0.25) is 0 Å². The number of hydrogen-bond acceptors (Lipinski definition) is 2. The minimum absolute atomic E-state index is 0.0983. The summed E-state index contributed by atoms with van der Waals surface area (Å²) in [5, 5.41) is 3.69. The molecule has 0 radical (unpaired) electrons. The topological polar surface area (TPSA) is 15.3 Å². The van der Waals surface area contributed by atoms with E-state index >= 15 is 0 Å². The Morgan fingerprint density at radius 3 is 2.30 bits per heavy atom. The Morgan fingerprint density at radius 2 is 1.58 bits per heavy atom. The van der Waals surface area contributed by atoms with Crippen molar-refractivity contribution in [2.75, 3.05) is 11.9 Å². The van der Waals surface area contributed by atoms with Crippen LogP contribution in [0.3, 0.4) is 0 Å². The van der Waals surface area contributed by atoms with E-state index in [9.17, 15) is 0 Å². The van der Waals surface area contributed by atoms with Crippen LogP contribution in [-0.2, 0) is 24.8 Å². The van der Waals surface area contributed by atoms with Crippen LogP contribution in [0.5, 0.6) is 0 Å². The maximum atomic E-state index is 4.55. The molecule has 2 heteroatoms. The van der Waals surface area contributed by atoms with Gasteiger partial charge in [-0.15, -0.1) is 0 Å². The molecule has 1 N–H and O–H groups in total. The summed E-state index contributed by atoms with van der Waals surface area (Å²) in [6.07, 6.45) is 5.89. The van der Waals surface area contributed by atoms with E-state index in [2.05, 4.69) is 110 Å². The summed E-state index contributed by atoms with van der Waals surface area (Å²) in [5.74, 6) is 0.443. The van der Waals surface area contributed by atoms with Gasteiger partial charge < -0.3 is 10.2 Å². The van der Waals surface area contributed by atoms with E-state index in [0.29, 0.717) is 12.0 Å². The number of nitrogens with one attached hydrogen (secondary N) is 1. The maximum Gasteiger partial charge on any atom is 0.0408 e. The van der Waals surface area contributed by atoms with Gasteiger partial charge in [-0.3, -0.25) is 0 Å². The Kier molecular flexibility index (Phi) is 6.01. The first-order chi connectivity index (χ1) is 16.1. The highest BCUT2D eigenvalue weighted by Gasteiger charge is 2.53. The molecule has 1 fully saturated rings. The first-order valence-electron chi connectivity index (χ1n) is 12.4. The van der Waals surface area contributed by atoms with Crippen LogP contribution in [0.15, 0.2) is 91.1 Å². The van der Waals surface area contributed by atoms with Crippen molar-refractivity contribution < 1.29 is 0 Å². The second kappa shape index (κ2) is 9.09. The molecule has 0 spiro atoms. The van der Waals surface area contributed by atoms with Crippen molar-refractivity contribution in [1.82, 2.24) is 5.32 Å². The highest BCUT2D eigenvalue weighted by atomic mass is 15.2. The van der Waals surface area contributed by atoms with Crippen molar-refractivity contribution in [3.05, 3.63) is 113 Å². The molecule has 1 unspecified atom stereocenters. The fraction of sp³-hybridized carbons (Fsp3) is 0.355. The summed E-state index contributed by atoms with van der Waals surface area (Å²) in [6.45, 7) is 7.88. The molecule has 5 rings (SSSR count). The first kappa shape index (κ1) is 21.8. The van der Waals surface area contributed by atoms with Gasteiger partial charge in [0.25, 0.3) is 0 Å². The van der Waals surface area contributed by atoms with E-state index in [4.69, 9.17) is 0 Å². The molecule has 170 valence electrons. The van der Waals surface area contributed by atoms with Gasteiger partial charge in [0.1, 0.15) is 0 Å². The van der Waals surface area contributed by atoms with Crippen LogP contribution in [0.4, 0.5) is 5.69 Å². The minimum Gasteiger partial charge on any atom is -0.384 e. The summed E-state index contributed by atoms with van der Waals surface area (Å²) in [7, 11) is 2.30. The summed E-state index contributed by atoms with van der Waals surface area (Å²) in [5.41, 5.74) is 8.38. The maximum absolute atomic E-state index is 4.55. The van der Waals surface area contributed by atoms with E-state index in [0.717, 1.165) is 19.4 Å². The zero-order chi connectivity index (χ0) is 22.8. The molecule has 0 aromatic heterocycles. The van der Waals surface area contributed by atoms with Gasteiger partial charge in [-0.1, -0.05) is 92.7 Å². The Bertz CT molecular complexity index is 1100. The molecule has 2 nitrogen and oxygen atoms in total. The SMILES string of the molecule is C=C(NCc1ccccc1)C1CCC[C@H]2N(C)c3cc(CCc4ccccc4)ccc3[C@@]12C. The second-order valence-corrected chi connectivity index (χ2v) is 10.1. The highest BCUT2D eigenvalue weighted by Crippen LogP contribution is 2.55. The molecule has 0 saturated heterocycles. The van der Waals surface area contributed by atoms with E-state index in [-0.39, 0.29) is 5.41 Å². The lowest BCUT2D eigenvalue weighted by molar-refractivity contribution is 0.205. The number of allylic oxidation sites excluding steroid dienone is 1. The van der Waals surface area contributed by atoms with Crippen molar-refractivity contribution in [2.45, 2.75) is 57.0 Å². The lowest BCUT2D eigenvalue weighted by Crippen LogP contribution is -2.50. The molecule has 3 aromatic rings. The van der Waals surface area contributed by atoms with Crippen LogP contribution < -0.4 is 10.2 Å². The number of likely N-dealkylation sites (N-methyl/N-ethyl adjacent to an activating group) is 1. The standard InChI is InChI=1S/C31H36N2/c1-23(32-22-26-13-8-5-9-14-26)27-15-10-16-30-31(27,2)28-20-19-25(21-29(28)33(30)3)18-17-24-11-6-4-7-12-24/h4-9,11-14,19-21,27,30,32H,1,10,15-18,22H2,2-3H3/t27?,30-,31-/m1/s1. The van der Waals surface area contributed by atoms with Crippen LogP contribution in [0, 0.1) is 5.92 Å². The molecule has 3 atom stereocenters. The molecule has 33 heavy (non-hydrogen) atoms. The fourth-order valence-corrected chi connectivity index (χ4v) is 6.36. The highest BCUT2D eigenvalue weighted by molar-refractivity contribution is 5.66. The number of rotatable bonds is 7. The Balaban J connectivity index is 1.37. The third-order valence-corrected chi connectivity index (χ3v) is 8.20. The van der Waals surface area contributed by atoms with Gasteiger partial charge in [0.05, 0.1) is 0 Å². The molecular weight excluding hydrogens is 400 g/mol. The molecular formula is C31H36N2. The van der Waals surface area contributed by atoms with Crippen LogP contribution in [0.1, 0.15) is 48.4 Å². The molecule has 2 aliphatic rings.